The summed E-state index contributed by atoms with van der Waals surface area (Å²) in [6, 6.07) is 2.38. The van der Waals surface area contributed by atoms with Crippen molar-refractivity contribution in [2.75, 3.05) is 13.1 Å². The molecule has 2 heterocycles. The molecule has 1 saturated carbocycles. The number of amides is 1. The minimum absolute atomic E-state index is 0.388. The molecular weight excluding hydrogens is 201 g/mol. The first-order valence-electron chi connectivity index (χ1n) is 5.63. The van der Waals surface area contributed by atoms with Gasteiger partial charge in [-0.25, -0.2) is 0 Å². The highest BCUT2D eigenvalue weighted by atomic mass is 16.1. The number of hydrogen-bond acceptors (Lipinski definition) is 2. The third-order valence-corrected chi connectivity index (χ3v) is 3.85. The Hall–Kier alpha value is -1.26. The number of carbonyl (C=O) groups excluding carboxylic acids is 1. The molecule has 5 heteroatoms. The summed E-state index contributed by atoms with van der Waals surface area (Å²) in [5.74, 6) is 0. The number of nitrogens with zero attached hydrogens (tertiary/aromatic N) is 3. The summed E-state index contributed by atoms with van der Waals surface area (Å²) in [6.07, 6.45) is 3.19. The summed E-state index contributed by atoms with van der Waals surface area (Å²) in [5.41, 5.74) is 2.11. The molecule has 1 aromatic rings. The summed E-state index contributed by atoms with van der Waals surface area (Å²) < 4.78 is 2.03. The van der Waals surface area contributed by atoms with Crippen molar-refractivity contribution in [3.05, 3.63) is 11.8 Å². The molecule has 2 aliphatic rings. The van der Waals surface area contributed by atoms with Crippen molar-refractivity contribution in [3.8, 4) is 0 Å². The van der Waals surface area contributed by atoms with E-state index >= 15 is 0 Å². The van der Waals surface area contributed by atoms with Gasteiger partial charge in [0.05, 0.1) is 6.04 Å². The van der Waals surface area contributed by atoms with Gasteiger partial charge in [0.15, 0.2) is 0 Å². The van der Waals surface area contributed by atoms with Gasteiger partial charge in [0, 0.05) is 29.8 Å². The lowest BCUT2D eigenvalue weighted by Crippen LogP contribution is -2.61. The van der Waals surface area contributed by atoms with Crippen molar-refractivity contribution < 1.29 is 4.79 Å². The highest BCUT2D eigenvalue weighted by Crippen LogP contribution is 2.53. The van der Waals surface area contributed by atoms with Crippen LogP contribution in [0.1, 0.15) is 24.6 Å². The standard InChI is InChI=1S/C11H14BN3O/c1-8-2-10(12)13-15(8)9-3-11(4-9)5-14(6-11)7-16/h2,7,9H,3-6H2,1H3. The lowest BCUT2D eigenvalue weighted by Gasteiger charge is -2.58. The van der Waals surface area contributed by atoms with Crippen LogP contribution in [-0.2, 0) is 4.79 Å². The molecule has 2 radical (unpaired) electrons. The van der Waals surface area contributed by atoms with Gasteiger partial charge in [-0.2, -0.15) is 5.10 Å². The van der Waals surface area contributed by atoms with Crippen molar-refractivity contribution in [1.82, 2.24) is 14.7 Å². The third-order valence-electron chi connectivity index (χ3n) is 3.85. The molecule has 1 saturated heterocycles. The Kier molecular flexibility index (Phi) is 1.94. The Morgan fingerprint density at radius 3 is 2.75 bits per heavy atom. The molecule has 1 amide bonds. The van der Waals surface area contributed by atoms with Crippen LogP contribution >= 0.6 is 0 Å². The number of aromatic nitrogens is 2. The van der Waals surface area contributed by atoms with E-state index in [0.717, 1.165) is 38.0 Å². The maximum atomic E-state index is 10.5. The Labute approximate surface area is 96.0 Å². The molecule has 4 nitrogen and oxygen atoms in total. The fourth-order valence-corrected chi connectivity index (χ4v) is 3.14. The lowest BCUT2D eigenvalue weighted by atomic mass is 9.61. The first kappa shape index (κ1) is 9.93. The molecule has 16 heavy (non-hydrogen) atoms. The van der Waals surface area contributed by atoms with Crippen LogP contribution in [0.3, 0.4) is 0 Å². The van der Waals surface area contributed by atoms with Crippen molar-refractivity contribution in [2.45, 2.75) is 25.8 Å². The van der Waals surface area contributed by atoms with Gasteiger partial charge in [-0.05, 0) is 25.8 Å². The van der Waals surface area contributed by atoms with Crippen LogP contribution in [0, 0.1) is 12.3 Å². The molecule has 1 aliphatic heterocycles. The second kappa shape index (κ2) is 3.12. The van der Waals surface area contributed by atoms with E-state index in [1.807, 2.05) is 22.6 Å². The summed E-state index contributed by atoms with van der Waals surface area (Å²) in [6.45, 7) is 3.87. The molecular formula is C11H14BN3O. The van der Waals surface area contributed by atoms with Crippen molar-refractivity contribution in [2.24, 2.45) is 5.41 Å². The van der Waals surface area contributed by atoms with E-state index in [4.69, 9.17) is 7.85 Å². The summed E-state index contributed by atoms with van der Waals surface area (Å²) in [4.78, 5) is 12.3. The lowest BCUT2D eigenvalue weighted by molar-refractivity contribution is -0.140. The van der Waals surface area contributed by atoms with E-state index < -0.39 is 0 Å². The second-order valence-electron chi connectivity index (χ2n) is 5.23. The number of carbonyl (C=O) groups is 1. The fourth-order valence-electron chi connectivity index (χ4n) is 3.14. The van der Waals surface area contributed by atoms with Crippen LogP contribution < -0.4 is 5.59 Å². The van der Waals surface area contributed by atoms with Crippen molar-refractivity contribution in [3.63, 3.8) is 0 Å². The Morgan fingerprint density at radius 2 is 2.25 bits per heavy atom. The van der Waals surface area contributed by atoms with Gasteiger partial charge < -0.3 is 4.90 Å². The smallest absolute Gasteiger partial charge is 0.209 e. The summed E-state index contributed by atoms with van der Waals surface area (Å²) in [5, 5.41) is 4.31. The van der Waals surface area contributed by atoms with Gasteiger partial charge in [0.25, 0.3) is 0 Å². The van der Waals surface area contributed by atoms with Crippen LogP contribution in [0.4, 0.5) is 0 Å². The average molecular weight is 215 g/mol. The molecule has 1 spiro atoms. The van der Waals surface area contributed by atoms with Crippen LogP contribution in [0.15, 0.2) is 6.07 Å². The van der Waals surface area contributed by atoms with E-state index in [2.05, 4.69) is 5.10 Å². The first-order valence-corrected chi connectivity index (χ1v) is 5.63. The zero-order valence-electron chi connectivity index (χ0n) is 9.39. The van der Waals surface area contributed by atoms with E-state index in [9.17, 15) is 4.79 Å². The number of aryl methyl sites for hydroxylation is 1. The quantitative estimate of drug-likeness (QED) is 0.505. The summed E-state index contributed by atoms with van der Waals surface area (Å²) in [7, 11) is 5.67. The van der Waals surface area contributed by atoms with Gasteiger partial charge in [0.2, 0.25) is 6.41 Å². The Balaban J connectivity index is 1.66. The Morgan fingerprint density at radius 1 is 1.56 bits per heavy atom. The molecule has 2 fully saturated rings. The fraction of sp³-hybridized carbons (Fsp3) is 0.636. The maximum absolute atomic E-state index is 10.5. The Bertz CT molecular complexity index is 428. The number of rotatable bonds is 2. The van der Waals surface area contributed by atoms with Gasteiger partial charge in [-0.3, -0.25) is 9.48 Å². The van der Waals surface area contributed by atoms with Crippen molar-refractivity contribution >= 4 is 19.8 Å². The SMILES string of the molecule is [B]c1cc(C)n(C2CC3(C2)CN(C=O)C3)n1. The van der Waals surface area contributed by atoms with E-state index in [-0.39, 0.29) is 0 Å². The molecule has 0 atom stereocenters. The summed E-state index contributed by atoms with van der Waals surface area (Å²) >= 11 is 0. The number of likely N-dealkylation sites (tertiary alicyclic amines) is 1. The monoisotopic (exact) mass is 215 g/mol. The molecule has 3 rings (SSSR count). The number of hydrogen-bond donors (Lipinski definition) is 0. The van der Waals surface area contributed by atoms with Gasteiger partial charge in [-0.1, -0.05) is 0 Å². The minimum Gasteiger partial charge on any atom is -0.344 e. The van der Waals surface area contributed by atoms with E-state index in [1.165, 1.54) is 0 Å². The van der Waals surface area contributed by atoms with E-state index in [0.29, 0.717) is 17.1 Å². The molecule has 82 valence electrons. The van der Waals surface area contributed by atoms with Crippen LogP contribution in [0.5, 0.6) is 0 Å². The molecule has 1 aliphatic carbocycles. The topological polar surface area (TPSA) is 38.1 Å². The van der Waals surface area contributed by atoms with Crippen LogP contribution in [-0.4, -0.2) is 42.0 Å². The minimum atomic E-state index is 0.388. The highest BCUT2D eigenvalue weighted by Gasteiger charge is 2.53. The molecule has 0 bridgehead atoms. The van der Waals surface area contributed by atoms with Crippen LogP contribution in [0.2, 0.25) is 0 Å². The zero-order chi connectivity index (χ0) is 11.3. The third kappa shape index (κ3) is 1.30. The average Bonchev–Trinajstić information content (AvgIpc) is 2.41. The zero-order valence-corrected chi connectivity index (χ0v) is 9.39. The van der Waals surface area contributed by atoms with Gasteiger partial charge >= 0.3 is 0 Å². The second-order valence-corrected chi connectivity index (χ2v) is 5.23. The molecule has 1 aromatic heterocycles. The van der Waals surface area contributed by atoms with Crippen molar-refractivity contribution in [1.29, 1.82) is 0 Å². The molecule has 0 aromatic carbocycles. The van der Waals surface area contributed by atoms with Gasteiger partial charge in [-0.15, -0.1) is 0 Å². The largest absolute Gasteiger partial charge is 0.344 e. The van der Waals surface area contributed by atoms with Gasteiger partial charge in [0.1, 0.15) is 7.85 Å². The highest BCUT2D eigenvalue weighted by molar-refractivity contribution is 6.30. The molecule has 0 unspecified atom stereocenters. The molecule has 0 N–H and O–H groups in total. The van der Waals surface area contributed by atoms with E-state index in [1.54, 1.807) is 0 Å². The van der Waals surface area contributed by atoms with Crippen LogP contribution in [0.25, 0.3) is 0 Å². The predicted octanol–water partition coefficient (Wildman–Crippen LogP) is -0.221. The normalized spacial score (nSPS) is 22.9. The predicted molar refractivity (Wildman–Crippen MR) is 60.7 cm³/mol. The first-order chi connectivity index (χ1) is 7.62. The maximum Gasteiger partial charge on any atom is 0.209 e.